The normalized spacial score (nSPS) is 10.6. The van der Waals surface area contributed by atoms with E-state index in [-0.39, 0.29) is 0 Å². The van der Waals surface area contributed by atoms with E-state index in [1.807, 2.05) is 28.9 Å². The molecule has 0 aliphatic carbocycles. The van der Waals surface area contributed by atoms with Crippen LogP contribution in [0.3, 0.4) is 0 Å². The second-order valence-electron chi connectivity index (χ2n) is 4.08. The van der Waals surface area contributed by atoms with Crippen LogP contribution >= 0.6 is 11.6 Å². The number of benzene rings is 1. The summed E-state index contributed by atoms with van der Waals surface area (Å²) in [5, 5.41) is 7.52. The first kappa shape index (κ1) is 12.9. The number of hydrogen-bond donors (Lipinski definition) is 1. The molecular formula is C13H17ClN4. The van der Waals surface area contributed by atoms with Crippen LogP contribution in [0, 0.1) is 0 Å². The van der Waals surface area contributed by atoms with Crippen molar-refractivity contribution < 1.29 is 0 Å². The quantitative estimate of drug-likeness (QED) is 0.816. The standard InChI is InChI=1S/C13H17ClN4/c1-2-7-18-13(16-10-17-18)9-15-12-5-3-11(8-14)4-6-12/h3-6,10,15H,2,7-9H2,1H3. The van der Waals surface area contributed by atoms with E-state index >= 15 is 0 Å². The molecule has 0 spiro atoms. The summed E-state index contributed by atoms with van der Waals surface area (Å²) in [6, 6.07) is 8.09. The summed E-state index contributed by atoms with van der Waals surface area (Å²) in [5.41, 5.74) is 2.19. The SMILES string of the molecule is CCCn1ncnc1CNc1ccc(CCl)cc1. The fraction of sp³-hybridized carbons (Fsp3) is 0.385. The van der Waals surface area contributed by atoms with Gasteiger partial charge in [-0.25, -0.2) is 9.67 Å². The molecule has 1 heterocycles. The van der Waals surface area contributed by atoms with Crippen LogP contribution in [0.25, 0.3) is 0 Å². The Hall–Kier alpha value is -1.55. The lowest BCUT2D eigenvalue weighted by Gasteiger charge is -2.08. The van der Waals surface area contributed by atoms with Gasteiger partial charge in [-0.3, -0.25) is 0 Å². The highest BCUT2D eigenvalue weighted by Crippen LogP contribution is 2.12. The zero-order valence-electron chi connectivity index (χ0n) is 10.4. The van der Waals surface area contributed by atoms with Crippen LogP contribution in [0.4, 0.5) is 5.69 Å². The molecule has 0 saturated carbocycles. The van der Waals surface area contributed by atoms with Gasteiger partial charge in [-0.05, 0) is 24.1 Å². The number of rotatable bonds is 6. The Morgan fingerprint density at radius 3 is 2.72 bits per heavy atom. The van der Waals surface area contributed by atoms with Crippen LogP contribution in [-0.4, -0.2) is 14.8 Å². The van der Waals surface area contributed by atoms with Gasteiger partial charge in [0.1, 0.15) is 12.2 Å². The summed E-state index contributed by atoms with van der Waals surface area (Å²) < 4.78 is 1.93. The van der Waals surface area contributed by atoms with E-state index in [0.29, 0.717) is 12.4 Å². The van der Waals surface area contributed by atoms with Crippen LogP contribution in [0.2, 0.25) is 0 Å². The average molecular weight is 265 g/mol. The Morgan fingerprint density at radius 2 is 2.06 bits per heavy atom. The lowest BCUT2D eigenvalue weighted by molar-refractivity contribution is 0.574. The molecule has 0 saturated heterocycles. The largest absolute Gasteiger partial charge is 0.378 e. The number of hydrogen-bond acceptors (Lipinski definition) is 3. The molecule has 4 nitrogen and oxygen atoms in total. The van der Waals surface area contributed by atoms with Crippen molar-refractivity contribution in [1.29, 1.82) is 0 Å². The van der Waals surface area contributed by atoms with Crippen LogP contribution < -0.4 is 5.32 Å². The van der Waals surface area contributed by atoms with Crippen LogP contribution in [0.1, 0.15) is 24.7 Å². The summed E-state index contributed by atoms with van der Waals surface area (Å²) in [6.07, 6.45) is 2.66. The first-order valence-corrected chi connectivity index (χ1v) is 6.62. The fourth-order valence-electron chi connectivity index (χ4n) is 1.72. The first-order valence-electron chi connectivity index (χ1n) is 6.09. The average Bonchev–Trinajstić information content (AvgIpc) is 2.85. The molecular weight excluding hydrogens is 248 g/mol. The van der Waals surface area contributed by atoms with Gasteiger partial charge < -0.3 is 5.32 Å². The van der Waals surface area contributed by atoms with Crippen molar-refractivity contribution in [2.24, 2.45) is 0 Å². The van der Waals surface area contributed by atoms with Gasteiger partial charge in [0.15, 0.2) is 0 Å². The van der Waals surface area contributed by atoms with Crippen LogP contribution in [-0.2, 0) is 19.0 Å². The second kappa shape index (κ2) is 6.40. The minimum Gasteiger partial charge on any atom is -0.378 e. The summed E-state index contributed by atoms with van der Waals surface area (Å²) in [6.45, 7) is 3.71. The molecule has 0 amide bonds. The van der Waals surface area contributed by atoms with Crippen molar-refractivity contribution in [2.45, 2.75) is 32.3 Å². The molecule has 0 unspecified atom stereocenters. The number of nitrogens with one attached hydrogen (secondary N) is 1. The molecule has 0 fully saturated rings. The smallest absolute Gasteiger partial charge is 0.146 e. The van der Waals surface area contributed by atoms with Crippen molar-refractivity contribution in [3.8, 4) is 0 Å². The van der Waals surface area contributed by atoms with Gasteiger partial charge in [0.05, 0.1) is 6.54 Å². The third kappa shape index (κ3) is 3.23. The maximum Gasteiger partial charge on any atom is 0.146 e. The maximum absolute atomic E-state index is 5.75. The lowest BCUT2D eigenvalue weighted by Crippen LogP contribution is -2.10. The molecule has 0 aliphatic rings. The molecule has 0 radical (unpaired) electrons. The summed E-state index contributed by atoms with van der Waals surface area (Å²) in [5.74, 6) is 1.50. The van der Waals surface area contributed by atoms with Gasteiger partial charge >= 0.3 is 0 Å². The highest BCUT2D eigenvalue weighted by molar-refractivity contribution is 6.17. The van der Waals surface area contributed by atoms with Gasteiger partial charge in [-0.15, -0.1) is 11.6 Å². The minimum atomic E-state index is 0.547. The monoisotopic (exact) mass is 264 g/mol. The summed E-state index contributed by atoms with van der Waals surface area (Å²) >= 11 is 5.75. The number of nitrogens with zero attached hydrogens (tertiary/aromatic N) is 3. The maximum atomic E-state index is 5.75. The molecule has 1 aromatic heterocycles. The number of aromatic nitrogens is 3. The number of halogens is 1. The van der Waals surface area contributed by atoms with Crippen LogP contribution in [0.15, 0.2) is 30.6 Å². The lowest BCUT2D eigenvalue weighted by atomic mass is 10.2. The molecule has 1 N–H and O–H groups in total. The van der Waals surface area contributed by atoms with Crippen molar-refractivity contribution in [2.75, 3.05) is 5.32 Å². The fourth-order valence-corrected chi connectivity index (χ4v) is 1.89. The van der Waals surface area contributed by atoms with Crippen molar-refractivity contribution >= 4 is 17.3 Å². The molecule has 0 bridgehead atoms. The van der Waals surface area contributed by atoms with Gasteiger partial charge in [-0.1, -0.05) is 19.1 Å². The Morgan fingerprint density at radius 1 is 1.28 bits per heavy atom. The van der Waals surface area contributed by atoms with Crippen molar-refractivity contribution in [3.05, 3.63) is 42.0 Å². The molecule has 1 aromatic carbocycles. The van der Waals surface area contributed by atoms with Crippen molar-refractivity contribution in [3.63, 3.8) is 0 Å². The molecule has 0 atom stereocenters. The topological polar surface area (TPSA) is 42.7 Å². The van der Waals surface area contributed by atoms with Gasteiger partial charge in [-0.2, -0.15) is 5.10 Å². The molecule has 2 rings (SSSR count). The molecule has 2 aromatic rings. The van der Waals surface area contributed by atoms with E-state index in [0.717, 1.165) is 30.0 Å². The number of aryl methyl sites for hydroxylation is 1. The molecule has 5 heteroatoms. The van der Waals surface area contributed by atoms with E-state index in [2.05, 4.69) is 22.3 Å². The third-order valence-corrected chi connectivity index (χ3v) is 3.00. The summed E-state index contributed by atoms with van der Waals surface area (Å²) in [4.78, 5) is 4.25. The van der Waals surface area contributed by atoms with Crippen molar-refractivity contribution in [1.82, 2.24) is 14.8 Å². The zero-order chi connectivity index (χ0) is 12.8. The third-order valence-electron chi connectivity index (χ3n) is 2.69. The Balaban J connectivity index is 1.95. The molecule has 96 valence electrons. The predicted octanol–water partition coefficient (Wildman–Crippen LogP) is 3.04. The van der Waals surface area contributed by atoms with Gasteiger partial charge in [0.25, 0.3) is 0 Å². The Labute approximate surface area is 112 Å². The van der Waals surface area contributed by atoms with E-state index in [9.17, 15) is 0 Å². The van der Waals surface area contributed by atoms with E-state index in [1.54, 1.807) is 6.33 Å². The Bertz CT molecular complexity index is 478. The molecule has 0 aliphatic heterocycles. The van der Waals surface area contributed by atoms with E-state index in [4.69, 9.17) is 11.6 Å². The minimum absolute atomic E-state index is 0.547. The zero-order valence-corrected chi connectivity index (χ0v) is 11.2. The summed E-state index contributed by atoms with van der Waals surface area (Å²) in [7, 11) is 0. The van der Waals surface area contributed by atoms with E-state index in [1.165, 1.54) is 0 Å². The highest BCUT2D eigenvalue weighted by atomic mass is 35.5. The highest BCUT2D eigenvalue weighted by Gasteiger charge is 2.02. The first-order chi connectivity index (χ1) is 8.83. The Kier molecular flexibility index (Phi) is 4.59. The number of anilines is 1. The predicted molar refractivity (Wildman–Crippen MR) is 73.6 cm³/mol. The van der Waals surface area contributed by atoms with Crippen LogP contribution in [0.5, 0.6) is 0 Å². The second-order valence-corrected chi connectivity index (χ2v) is 4.35. The van der Waals surface area contributed by atoms with Gasteiger partial charge in [0, 0.05) is 18.1 Å². The number of alkyl halides is 1. The molecule has 18 heavy (non-hydrogen) atoms. The van der Waals surface area contributed by atoms with Gasteiger partial charge in [0.2, 0.25) is 0 Å². The van der Waals surface area contributed by atoms with E-state index < -0.39 is 0 Å².